The van der Waals surface area contributed by atoms with Gasteiger partial charge in [0.1, 0.15) is 5.69 Å². The summed E-state index contributed by atoms with van der Waals surface area (Å²) in [5.41, 5.74) is 5.82. The fourth-order valence-corrected chi connectivity index (χ4v) is 4.33. The molecule has 0 amide bonds. The number of benzene rings is 1. The number of para-hydroxylation sites is 1. The van der Waals surface area contributed by atoms with Crippen molar-refractivity contribution >= 4 is 33.4 Å². The lowest BCUT2D eigenvalue weighted by atomic mass is 10.1. The van der Waals surface area contributed by atoms with Crippen LogP contribution in [0.5, 0.6) is 0 Å². The lowest BCUT2D eigenvalue weighted by Crippen LogP contribution is -1.84. The van der Waals surface area contributed by atoms with Crippen LogP contribution in [0.1, 0.15) is 0 Å². The van der Waals surface area contributed by atoms with E-state index in [1.165, 1.54) is 6.07 Å². The Morgan fingerprint density at radius 2 is 1.93 bits per heavy atom. The van der Waals surface area contributed by atoms with E-state index in [-0.39, 0.29) is 5.13 Å². The number of nitrogens with one attached hydrogen (secondary N) is 2. The lowest BCUT2D eigenvalue weighted by molar-refractivity contribution is 0.657. The van der Waals surface area contributed by atoms with Crippen LogP contribution < -0.4 is 0 Å². The van der Waals surface area contributed by atoms with Gasteiger partial charge in [-0.25, -0.2) is 9.97 Å². The average Bonchev–Trinajstić information content (AvgIpc) is 3.51. The van der Waals surface area contributed by atoms with Crippen molar-refractivity contribution in [1.82, 2.24) is 30.1 Å². The maximum absolute atomic E-state index is 13.6. The second kappa shape index (κ2) is 6.57. The van der Waals surface area contributed by atoms with Gasteiger partial charge in [0.2, 0.25) is 0 Å². The molecule has 0 aliphatic carbocycles. The van der Waals surface area contributed by atoms with Crippen LogP contribution >= 0.6 is 11.3 Å². The van der Waals surface area contributed by atoms with E-state index in [1.54, 1.807) is 24.7 Å². The highest BCUT2D eigenvalue weighted by molar-refractivity contribution is 7.14. The fourth-order valence-electron chi connectivity index (χ4n) is 3.58. The third-order valence-electron chi connectivity index (χ3n) is 4.99. The van der Waals surface area contributed by atoms with Crippen molar-refractivity contribution in [2.45, 2.75) is 0 Å². The molecule has 0 aliphatic rings. The number of aromatic amines is 2. The van der Waals surface area contributed by atoms with Crippen LogP contribution in [0.15, 0.2) is 67.1 Å². The molecule has 5 aromatic heterocycles. The smallest absolute Gasteiger partial charge is 0.176 e. The van der Waals surface area contributed by atoms with Crippen LogP contribution in [0.4, 0.5) is 4.39 Å². The first-order chi connectivity index (χ1) is 14.8. The van der Waals surface area contributed by atoms with E-state index >= 15 is 0 Å². The molecule has 2 N–H and O–H groups in total. The largest absolute Gasteiger partial charge is 0.337 e. The average molecular weight is 412 g/mol. The number of nitrogens with zero attached hydrogens (tertiary/aromatic N) is 4. The number of H-pyrrole nitrogens is 2. The molecule has 8 heteroatoms. The number of pyridine rings is 2. The minimum atomic E-state index is -0.218. The number of fused-ring (bicyclic) bond motifs is 2. The Kier molecular flexibility index (Phi) is 3.72. The Morgan fingerprint density at radius 3 is 2.77 bits per heavy atom. The van der Waals surface area contributed by atoms with Gasteiger partial charge in [-0.3, -0.25) is 10.1 Å². The summed E-state index contributed by atoms with van der Waals surface area (Å²) in [4.78, 5) is 17.7. The standard InChI is InChI=1S/C22H13FN6S/c23-18-7-6-17(30-18)14-4-1-5-16-19(14)27-22(26-16)20-15-9-13(11-25-21(15)29-28-20)12-3-2-8-24-10-12/h1-11H,(H,26,27)(H,25,28,29). The Bertz CT molecular complexity index is 1520. The van der Waals surface area contributed by atoms with Crippen molar-refractivity contribution < 1.29 is 4.39 Å². The number of halogens is 1. The first-order valence-corrected chi connectivity index (χ1v) is 10.1. The molecule has 0 fully saturated rings. The van der Waals surface area contributed by atoms with E-state index in [1.807, 2.05) is 36.4 Å². The summed E-state index contributed by atoms with van der Waals surface area (Å²) in [6.07, 6.45) is 5.34. The minimum Gasteiger partial charge on any atom is -0.337 e. The highest BCUT2D eigenvalue weighted by Gasteiger charge is 2.17. The van der Waals surface area contributed by atoms with E-state index in [4.69, 9.17) is 4.98 Å². The van der Waals surface area contributed by atoms with Crippen LogP contribution in [-0.4, -0.2) is 30.1 Å². The Hall–Kier alpha value is -3.91. The number of hydrogen-bond acceptors (Lipinski definition) is 5. The SMILES string of the molecule is Fc1ccc(-c2cccc3[nH]c(-c4n[nH]c5ncc(-c6cccnc6)cc45)nc23)s1. The topological polar surface area (TPSA) is 83.1 Å². The van der Waals surface area contributed by atoms with Gasteiger partial charge in [0.25, 0.3) is 0 Å². The zero-order chi connectivity index (χ0) is 20.1. The van der Waals surface area contributed by atoms with Gasteiger partial charge in [-0.05, 0) is 30.3 Å². The van der Waals surface area contributed by atoms with Crippen molar-refractivity contribution in [2.75, 3.05) is 0 Å². The molecule has 0 bridgehead atoms. The molecule has 144 valence electrons. The third-order valence-corrected chi connectivity index (χ3v) is 5.89. The number of aromatic nitrogens is 6. The highest BCUT2D eigenvalue weighted by atomic mass is 32.1. The zero-order valence-corrected chi connectivity index (χ0v) is 16.2. The molecule has 0 radical (unpaired) electrons. The summed E-state index contributed by atoms with van der Waals surface area (Å²) in [6.45, 7) is 0. The molecule has 6 nitrogen and oxygen atoms in total. The maximum Gasteiger partial charge on any atom is 0.176 e. The summed E-state index contributed by atoms with van der Waals surface area (Å²) in [5, 5.41) is 8.07. The number of rotatable bonds is 3. The van der Waals surface area contributed by atoms with Gasteiger partial charge in [0, 0.05) is 40.2 Å². The van der Waals surface area contributed by atoms with Crippen molar-refractivity contribution in [2.24, 2.45) is 0 Å². The molecule has 5 heterocycles. The molecule has 0 spiro atoms. The van der Waals surface area contributed by atoms with Crippen LogP contribution in [0.3, 0.4) is 0 Å². The van der Waals surface area contributed by atoms with Gasteiger partial charge >= 0.3 is 0 Å². The maximum atomic E-state index is 13.6. The lowest BCUT2D eigenvalue weighted by Gasteiger charge is -2.00. The number of hydrogen-bond donors (Lipinski definition) is 2. The molecular weight excluding hydrogens is 399 g/mol. The van der Waals surface area contributed by atoms with Crippen molar-refractivity contribution in [3.63, 3.8) is 0 Å². The van der Waals surface area contributed by atoms with Crippen molar-refractivity contribution in [3.05, 3.63) is 72.3 Å². The molecule has 0 saturated heterocycles. The van der Waals surface area contributed by atoms with Crippen LogP contribution in [0.2, 0.25) is 0 Å². The molecule has 0 atom stereocenters. The van der Waals surface area contributed by atoms with Gasteiger partial charge in [-0.2, -0.15) is 9.49 Å². The van der Waals surface area contributed by atoms with Crippen molar-refractivity contribution in [3.8, 4) is 33.1 Å². The van der Waals surface area contributed by atoms with Gasteiger partial charge in [0.05, 0.1) is 16.4 Å². The number of imidazole rings is 1. The Morgan fingerprint density at radius 1 is 0.967 bits per heavy atom. The summed E-state index contributed by atoms with van der Waals surface area (Å²) in [6, 6.07) is 15.0. The van der Waals surface area contributed by atoms with Crippen LogP contribution in [0.25, 0.3) is 55.2 Å². The molecule has 1 aromatic carbocycles. The van der Waals surface area contributed by atoms with Crippen LogP contribution in [0, 0.1) is 5.13 Å². The van der Waals surface area contributed by atoms with Crippen LogP contribution in [-0.2, 0) is 0 Å². The zero-order valence-electron chi connectivity index (χ0n) is 15.4. The summed E-state index contributed by atoms with van der Waals surface area (Å²) >= 11 is 1.11. The van der Waals surface area contributed by atoms with Gasteiger partial charge in [-0.15, -0.1) is 11.3 Å². The molecule has 30 heavy (non-hydrogen) atoms. The predicted octanol–water partition coefficient (Wildman–Crippen LogP) is 5.43. The summed E-state index contributed by atoms with van der Waals surface area (Å²) < 4.78 is 13.6. The second-order valence-corrected chi connectivity index (χ2v) is 7.86. The van der Waals surface area contributed by atoms with E-state index < -0.39 is 0 Å². The molecular formula is C22H13FN6S. The highest BCUT2D eigenvalue weighted by Crippen LogP contribution is 2.34. The molecule has 0 saturated carbocycles. The normalized spacial score (nSPS) is 11.5. The van der Waals surface area contributed by atoms with E-state index in [2.05, 4.69) is 25.1 Å². The first-order valence-electron chi connectivity index (χ1n) is 9.25. The van der Waals surface area contributed by atoms with E-state index in [9.17, 15) is 4.39 Å². The Balaban J connectivity index is 1.52. The molecule has 6 aromatic rings. The minimum absolute atomic E-state index is 0.218. The van der Waals surface area contributed by atoms with Gasteiger partial charge in [-0.1, -0.05) is 18.2 Å². The van der Waals surface area contributed by atoms with E-state index in [0.717, 1.165) is 49.3 Å². The fraction of sp³-hybridized carbons (Fsp3) is 0. The first kappa shape index (κ1) is 17.0. The number of thiophene rings is 1. The molecule has 0 aliphatic heterocycles. The predicted molar refractivity (Wildman–Crippen MR) is 115 cm³/mol. The monoisotopic (exact) mass is 412 g/mol. The van der Waals surface area contributed by atoms with Gasteiger partial charge in [0.15, 0.2) is 16.6 Å². The summed E-state index contributed by atoms with van der Waals surface area (Å²) in [5.74, 6) is 0.630. The van der Waals surface area contributed by atoms with Crippen molar-refractivity contribution in [1.29, 1.82) is 0 Å². The molecule has 0 unspecified atom stereocenters. The summed E-state index contributed by atoms with van der Waals surface area (Å²) in [7, 11) is 0. The Labute approximate surface area is 173 Å². The third kappa shape index (κ3) is 2.69. The van der Waals surface area contributed by atoms with E-state index in [0.29, 0.717) is 17.2 Å². The quantitative estimate of drug-likeness (QED) is 0.406. The second-order valence-electron chi connectivity index (χ2n) is 6.82. The van der Waals surface area contributed by atoms with Gasteiger partial charge < -0.3 is 4.98 Å². The molecule has 6 rings (SSSR count).